The summed E-state index contributed by atoms with van der Waals surface area (Å²) < 4.78 is 15.4. The average Bonchev–Trinajstić information content (AvgIpc) is 2.74. The second kappa shape index (κ2) is 10.8. The van der Waals surface area contributed by atoms with Crippen molar-refractivity contribution in [2.75, 3.05) is 45.9 Å². The van der Waals surface area contributed by atoms with E-state index in [1.807, 2.05) is 37.4 Å². The Morgan fingerprint density at radius 1 is 1.04 bits per heavy atom. The summed E-state index contributed by atoms with van der Waals surface area (Å²) in [7, 11) is 4.79. The van der Waals surface area contributed by atoms with Crippen molar-refractivity contribution in [2.24, 2.45) is 0 Å². The van der Waals surface area contributed by atoms with Crippen molar-refractivity contribution in [3.05, 3.63) is 54.1 Å². The molecule has 0 aliphatic carbocycles. The fourth-order valence-electron chi connectivity index (χ4n) is 2.58. The predicted molar refractivity (Wildman–Crippen MR) is 107 cm³/mol. The standard InChI is InChI=1S/C21H26N2O5/c1-23(17-8-5-4-6-9-17)13-7-12-22-20(24)15-28-18-11-10-16(21(25)27-3)14-19(18)26-2/h4-6,8-11,14H,7,12-13,15H2,1-3H3,(H,22,24). The van der Waals surface area contributed by atoms with E-state index in [0.717, 1.165) is 18.7 Å². The summed E-state index contributed by atoms with van der Waals surface area (Å²) in [6, 6.07) is 14.7. The third-order valence-corrected chi connectivity index (χ3v) is 4.13. The van der Waals surface area contributed by atoms with E-state index in [-0.39, 0.29) is 12.5 Å². The Morgan fingerprint density at radius 2 is 1.79 bits per heavy atom. The lowest BCUT2D eigenvalue weighted by molar-refractivity contribution is -0.123. The summed E-state index contributed by atoms with van der Waals surface area (Å²) in [5.41, 5.74) is 1.48. The molecule has 0 spiro atoms. The summed E-state index contributed by atoms with van der Waals surface area (Å²) in [4.78, 5) is 25.7. The first kappa shape index (κ1) is 21.1. The first-order valence-electron chi connectivity index (χ1n) is 8.97. The van der Waals surface area contributed by atoms with Gasteiger partial charge in [-0.1, -0.05) is 18.2 Å². The average molecular weight is 386 g/mol. The number of carbonyl (C=O) groups is 2. The number of para-hydroxylation sites is 1. The van der Waals surface area contributed by atoms with E-state index in [2.05, 4.69) is 15.0 Å². The van der Waals surface area contributed by atoms with E-state index in [9.17, 15) is 9.59 Å². The van der Waals surface area contributed by atoms with Gasteiger partial charge in [0.15, 0.2) is 18.1 Å². The number of anilines is 1. The minimum absolute atomic E-state index is 0.136. The molecular formula is C21H26N2O5. The first-order valence-corrected chi connectivity index (χ1v) is 8.97. The highest BCUT2D eigenvalue weighted by molar-refractivity contribution is 5.90. The maximum Gasteiger partial charge on any atom is 0.337 e. The van der Waals surface area contributed by atoms with Gasteiger partial charge >= 0.3 is 5.97 Å². The van der Waals surface area contributed by atoms with E-state index >= 15 is 0 Å². The van der Waals surface area contributed by atoms with E-state index < -0.39 is 5.97 Å². The zero-order valence-corrected chi connectivity index (χ0v) is 16.4. The molecule has 2 aromatic carbocycles. The van der Waals surface area contributed by atoms with Crippen molar-refractivity contribution in [1.29, 1.82) is 0 Å². The normalized spacial score (nSPS) is 10.1. The number of esters is 1. The lowest BCUT2D eigenvalue weighted by Gasteiger charge is -2.19. The van der Waals surface area contributed by atoms with Crippen LogP contribution in [0.4, 0.5) is 5.69 Å². The maximum absolute atomic E-state index is 12.0. The molecule has 7 heteroatoms. The van der Waals surface area contributed by atoms with E-state index in [4.69, 9.17) is 9.47 Å². The third kappa shape index (κ3) is 6.19. The molecule has 0 radical (unpaired) electrons. The van der Waals surface area contributed by atoms with Crippen molar-refractivity contribution >= 4 is 17.6 Å². The monoisotopic (exact) mass is 386 g/mol. The fraction of sp³-hybridized carbons (Fsp3) is 0.333. The molecule has 0 aliphatic rings. The zero-order valence-electron chi connectivity index (χ0n) is 16.4. The Labute approximate surface area is 165 Å². The number of methoxy groups -OCH3 is 2. The Kier molecular flexibility index (Phi) is 8.14. The molecule has 150 valence electrons. The van der Waals surface area contributed by atoms with E-state index in [0.29, 0.717) is 23.6 Å². The number of hydrogen-bond acceptors (Lipinski definition) is 6. The number of ether oxygens (including phenoxy) is 3. The van der Waals surface area contributed by atoms with Gasteiger partial charge in [0.2, 0.25) is 0 Å². The lowest BCUT2D eigenvalue weighted by atomic mass is 10.2. The number of rotatable bonds is 10. The van der Waals surface area contributed by atoms with Crippen LogP contribution in [0.5, 0.6) is 11.5 Å². The number of hydrogen-bond donors (Lipinski definition) is 1. The van der Waals surface area contributed by atoms with Gasteiger partial charge in [0.1, 0.15) is 0 Å². The molecule has 28 heavy (non-hydrogen) atoms. The van der Waals surface area contributed by atoms with Gasteiger partial charge in [0, 0.05) is 25.8 Å². The minimum atomic E-state index is -0.469. The van der Waals surface area contributed by atoms with E-state index in [1.54, 1.807) is 12.1 Å². The Bertz CT molecular complexity index is 780. The fourth-order valence-corrected chi connectivity index (χ4v) is 2.58. The van der Waals surface area contributed by atoms with Crippen LogP contribution in [0.1, 0.15) is 16.8 Å². The summed E-state index contributed by atoms with van der Waals surface area (Å²) >= 11 is 0. The van der Waals surface area contributed by atoms with E-state index in [1.165, 1.54) is 20.3 Å². The molecule has 0 saturated carbocycles. The SMILES string of the molecule is COC(=O)c1ccc(OCC(=O)NCCCN(C)c2ccccc2)c(OC)c1. The smallest absolute Gasteiger partial charge is 0.337 e. The number of carbonyl (C=O) groups excluding carboxylic acids is 2. The molecule has 0 bridgehead atoms. The molecule has 0 heterocycles. The topological polar surface area (TPSA) is 77.1 Å². The van der Waals surface area contributed by atoms with Gasteiger partial charge in [0.25, 0.3) is 5.91 Å². The minimum Gasteiger partial charge on any atom is -0.493 e. The van der Waals surface area contributed by atoms with Gasteiger partial charge in [-0.05, 0) is 36.8 Å². The van der Waals surface area contributed by atoms with Crippen LogP contribution < -0.4 is 19.7 Å². The van der Waals surface area contributed by atoms with Crippen molar-refractivity contribution in [1.82, 2.24) is 5.32 Å². The first-order chi connectivity index (χ1) is 13.5. The molecular weight excluding hydrogens is 360 g/mol. The highest BCUT2D eigenvalue weighted by atomic mass is 16.5. The predicted octanol–water partition coefficient (Wildman–Crippen LogP) is 2.50. The lowest BCUT2D eigenvalue weighted by Crippen LogP contribution is -2.31. The van der Waals surface area contributed by atoms with Crippen molar-refractivity contribution in [2.45, 2.75) is 6.42 Å². The molecule has 2 rings (SSSR count). The van der Waals surface area contributed by atoms with Gasteiger partial charge in [0.05, 0.1) is 19.8 Å². The Morgan fingerprint density at radius 3 is 2.46 bits per heavy atom. The number of nitrogens with one attached hydrogen (secondary N) is 1. The van der Waals surface area contributed by atoms with Crippen LogP contribution in [0.2, 0.25) is 0 Å². The highest BCUT2D eigenvalue weighted by Gasteiger charge is 2.12. The largest absolute Gasteiger partial charge is 0.493 e. The molecule has 0 saturated heterocycles. The van der Waals surface area contributed by atoms with Gasteiger partial charge in [-0.2, -0.15) is 0 Å². The Balaban J connectivity index is 1.74. The molecule has 0 aromatic heterocycles. The molecule has 1 N–H and O–H groups in total. The molecule has 0 unspecified atom stereocenters. The number of nitrogens with zero attached hydrogens (tertiary/aromatic N) is 1. The van der Waals surface area contributed by atoms with Crippen LogP contribution in [-0.2, 0) is 9.53 Å². The van der Waals surface area contributed by atoms with Crippen LogP contribution in [-0.4, -0.2) is 52.8 Å². The molecule has 7 nitrogen and oxygen atoms in total. The summed E-state index contributed by atoms with van der Waals surface area (Å²) in [6.07, 6.45) is 0.814. The second-order valence-electron chi connectivity index (χ2n) is 6.11. The quantitative estimate of drug-likeness (QED) is 0.499. The summed E-state index contributed by atoms with van der Waals surface area (Å²) in [6.45, 7) is 1.24. The molecule has 1 amide bonds. The highest BCUT2D eigenvalue weighted by Crippen LogP contribution is 2.28. The van der Waals surface area contributed by atoms with Crippen LogP contribution in [0.15, 0.2) is 48.5 Å². The summed E-state index contributed by atoms with van der Waals surface area (Å²) in [5, 5.41) is 2.83. The molecule has 2 aromatic rings. The molecule has 0 atom stereocenters. The van der Waals surface area contributed by atoms with Crippen LogP contribution in [0, 0.1) is 0 Å². The van der Waals surface area contributed by atoms with Gasteiger partial charge in [-0.3, -0.25) is 4.79 Å². The second-order valence-corrected chi connectivity index (χ2v) is 6.11. The van der Waals surface area contributed by atoms with Gasteiger partial charge in [-0.25, -0.2) is 4.79 Å². The Hall–Kier alpha value is -3.22. The van der Waals surface area contributed by atoms with Crippen LogP contribution in [0.3, 0.4) is 0 Å². The van der Waals surface area contributed by atoms with Crippen molar-refractivity contribution < 1.29 is 23.8 Å². The number of benzene rings is 2. The molecule has 0 fully saturated rings. The van der Waals surface area contributed by atoms with Crippen LogP contribution >= 0.6 is 0 Å². The van der Waals surface area contributed by atoms with Crippen molar-refractivity contribution in [3.63, 3.8) is 0 Å². The summed E-state index contributed by atoms with van der Waals surface area (Å²) in [5.74, 6) is 0.0545. The van der Waals surface area contributed by atoms with Crippen LogP contribution in [0.25, 0.3) is 0 Å². The maximum atomic E-state index is 12.0. The molecule has 0 aliphatic heterocycles. The van der Waals surface area contributed by atoms with Gasteiger partial charge in [-0.15, -0.1) is 0 Å². The zero-order chi connectivity index (χ0) is 20.4. The third-order valence-electron chi connectivity index (χ3n) is 4.13. The van der Waals surface area contributed by atoms with Gasteiger partial charge < -0.3 is 24.4 Å². The van der Waals surface area contributed by atoms with Crippen molar-refractivity contribution in [3.8, 4) is 11.5 Å². The number of amides is 1.